The quantitative estimate of drug-likeness (QED) is 0.762. The molecule has 3 aromatic rings. The average Bonchev–Trinajstić information content (AvgIpc) is 2.89. The Balaban J connectivity index is 2.14. The molecule has 0 amide bonds. The van der Waals surface area contributed by atoms with Crippen molar-refractivity contribution in [2.75, 3.05) is 20.0 Å². The Morgan fingerprint density at radius 2 is 1.70 bits per heavy atom. The first-order valence-electron chi connectivity index (χ1n) is 6.05. The smallest absolute Gasteiger partial charge is 0.180 e. The molecule has 2 aromatic heterocycles. The summed E-state index contributed by atoms with van der Waals surface area (Å²) in [6, 6.07) is 9.15. The van der Waals surface area contributed by atoms with Gasteiger partial charge in [0.2, 0.25) is 0 Å². The van der Waals surface area contributed by atoms with Crippen molar-refractivity contribution in [1.82, 2.24) is 15.0 Å². The lowest BCUT2D eigenvalue weighted by atomic mass is 10.2. The number of ether oxygens (including phenoxy) is 2. The summed E-state index contributed by atoms with van der Waals surface area (Å²) < 4.78 is 10.5. The number of nitrogens with zero attached hydrogens (tertiary/aromatic N) is 2. The monoisotopic (exact) mass is 270 g/mol. The highest BCUT2D eigenvalue weighted by atomic mass is 16.5. The zero-order chi connectivity index (χ0) is 14.1. The summed E-state index contributed by atoms with van der Waals surface area (Å²) in [6.45, 7) is 0. The summed E-state index contributed by atoms with van der Waals surface area (Å²) in [7, 11) is 3.22. The first-order chi connectivity index (χ1) is 9.69. The Labute approximate surface area is 115 Å². The van der Waals surface area contributed by atoms with Crippen LogP contribution >= 0.6 is 0 Å². The maximum Gasteiger partial charge on any atom is 0.180 e. The van der Waals surface area contributed by atoms with Crippen LogP contribution in [-0.2, 0) is 0 Å². The number of aromatic nitrogens is 3. The largest absolute Gasteiger partial charge is 0.497 e. The number of nitrogens with two attached hydrogens (primary N) is 1. The van der Waals surface area contributed by atoms with E-state index in [1.54, 1.807) is 20.3 Å². The number of aromatic amines is 1. The highest BCUT2D eigenvalue weighted by Gasteiger charge is 2.09. The van der Waals surface area contributed by atoms with E-state index in [9.17, 15) is 0 Å². The van der Waals surface area contributed by atoms with E-state index in [4.69, 9.17) is 15.2 Å². The molecule has 0 aliphatic heterocycles. The summed E-state index contributed by atoms with van der Waals surface area (Å²) in [5.74, 6) is 2.54. The van der Waals surface area contributed by atoms with Gasteiger partial charge in [-0.25, -0.2) is 9.97 Å². The number of nitrogen functional groups attached to an aromatic ring is 1. The highest BCUT2D eigenvalue weighted by Crippen LogP contribution is 2.29. The van der Waals surface area contributed by atoms with Crippen LogP contribution in [0.3, 0.4) is 0 Å². The normalized spacial score (nSPS) is 10.7. The van der Waals surface area contributed by atoms with Crippen LogP contribution in [0.25, 0.3) is 22.6 Å². The zero-order valence-corrected chi connectivity index (χ0v) is 11.2. The van der Waals surface area contributed by atoms with Crippen molar-refractivity contribution in [2.45, 2.75) is 0 Å². The van der Waals surface area contributed by atoms with Gasteiger partial charge < -0.3 is 20.2 Å². The SMILES string of the molecule is COc1cc(OC)cc(-c2nc3nc(N)ccc3[nH]2)c1. The number of benzene rings is 1. The van der Waals surface area contributed by atoms with Gasteiger partial charge in [-0.3, -0.25) is 0 Å². The maximum atomic E-state index is 5.66. The zero-order valence-electron chi connectivity index (χ0n) is 11.2. The van der Waals surface area contributed by atoms with Crippen LogP contribution in [0.4, 0.5) is 5.82 Å². The maximum absolute atomic E-state index is 5.66. The first kappa shape index (κ1) is 12.3. The number of hydrogen-bond acceptors (Lipinski definition) is 5. The second-order valence-corrected chi connectivity index (χ2v) is 4.29. The Morgan fingerprint density at radius 1 is 1.00 bits per heavy atom. The number of methoxy groups -OCH3 is 2. The number of rotatable bonds is 3. The number of pyridine rings is 1. The van der Waals surface area contributed by atoms with Crippen molar-refractivity contribution in [1.29, 1.82) is 0 Å². The van der Waals surface area contributed by atoms with E-state index in [1.807, 2.05) is 24.3 Å². The molecule has 3 rings (SSSR count). The van der Waals surface area contributed by atoms with Crippen LogP contribution < -0.4 is 15.2 Å². The Morgan fingerprint density at radius 3 is 2.35 bits per heavy atom. The molecular weight excluding hydrogens is 256 g/mol. The molecule has 3 N–H and O–H groups in total. The minimum Gasteiger partial charge on any atom is -0.497 e. The standard InChI is InChI=1S/C14H14N4O2/c1-19-9-5-8(6-10(7-9)20-2)13-16-11-3-4-12(15)17-14(11)18-13/h3-7H,1-2H3,(H3,15,16,17,18). The van der Waals surface area contributed by atoms with Crippen molar-refractivity contribution in [3.63, 3.8) is 0 Å². The number of hydrogen-bond donors (Lipinski definition) is 2. The first-order valence-corrected chi connectivity index (χ1v) is 6.05. The number of imidazole rings is 1. The van der Waals surface area contributed by atoms with E-state index in [0.29, 0.717) is 28.8 Å². The number of nitrogens with one attached hydrogen (secondary N) is 1. The van der Waals surface area contributed by atoms with E-state index in [2.05, 4.69) is 15.0 Å². The molecule has 0 radical (unpaired) electrons. The number of anilines is 1. The van der Waals surface area contributed by atoms with E-state index in [-0.39, 0.29) is 0 Å². The van der Waals surface area contributed by atoms with Gasteiger partial charge in [0.05, 0.1) is 19.7 Å². The lowest BCUT2D eigenvalue weighted by molar-refractivity contribution is 0.394. The van der Waals surface area contributed by atoms with Gasteiger partial charge in [0.15, 0.2) is 5.65 Å². The van der Waals surface area contributed by atoms with Crippen LogP contribution in [0.1, 0.15) is 0 Å². The third-order valence-corrected chi connectivity index (χ3v) is 2.99. The van der Waals surface area contributed by atoms with Crippen molar-refractivity contribution in [2.24, 2.45) is 0 Å². The van der Waals surface area contributed by atoms with Crippen molar-refractivity contribution in [3.05, 3.63) is 30.3 Å². The molecule has 0 spiro atoms. The van der Waals surface area contributed by atoms with Crippen molar-refractivity contribution >= 4 is 17.0 Å². The van der Waals surface area contributed by atoms with E-state index in [0.717, 1.165) is 11.1 Å². The molecule has 0 unspecified atom stereocenters. The molecule has 0 bridgehead atoms. The van der Waals surface area contributed by atoms with Gasteiger partial charge in [0, 0.05) is 11.6 Å². The van der Waals surface area contributed by atoms with Gasteiger partial charge in [-0.05, 0) is 24.3 Å². The minimum absolute atomic E-state index is 0.443. The third-order valence-electron chi connectivity index (χ3n) is 2.99. The summed E-state index contributed by atoms with van der Waals surface area (Å²) in [5.41, 5.74) is 7.93. The van der Waals surface area contributed by atoms with Crippen LogP contribution in [0.15, 0.2) is 30.3 Å². The molecule has 102 valence electrons. The summed E-state index contributed by atoms with van der Waals surface area (Å²) >= 11 is 0. The molecule has 0 fully saturated rings. The lowest BCUT2D eigenvalue weighted by Gasteiger charge is -2.06. The van der Waals surface area contributed by atoms with Crippen molar-refractivity contribution in [3.8, 4) is 22.9 Å². The van der Waals surface area contributed by atoms with Crippen molar-refractivity contribution < 1.29 is 9.47 Å². The van der Waals surface area contributed by atoms with Gasteiger partial charge in [-0.15, -0.1) is 0 Å². The van der Waals surface area contributed by atoms with Gasteiger partial charge >= 0.3 is 0 Å². The third kappa shape index (κ3) is 2.11. The van der Waals surface area contributed by atoms with E-state index in [1.165, 1.54) is 0 Å². The Hall–Kier alpha value is -2.76. The molecule has 0 aliphatic carbocycles. The van der Waals surface area contributed by atoms with Crippen LogP contribution in [-0.4, -0.2) is 29.2 Å². The molecule has 0 saturated heterocycles. The molecular formula is C14H14N4O2. The topological polar surface area (TPSA) is 86.1 Å². The molecule has 6 heteroatoms. The van der Waals surface area contributed by atoms with Gasteiger partial charge in [-0.2, -0.15) is 0 Å². The Bertz CT molecular complexity index is 745. The van der Waals surface area contributed by atoms with Gasteiger partial charge in [0.25, 0.3) is 0 Å². The Kier molecular flexibility index (Phi) is 2.90. The fourth-order valence-electron chi connectivity index (χ4n) is 1.99. The van der Waals surface area contributed by atoms with Crippen LogP contribution in [0, 0.1) is 0 Å². The van der Waals surface area contributed by atoms with Crippen LogP contribution in [0.5, 0.6) is 11.5 Å². The van der Waals surface area contributed by atoms with E-state index >= 15 is 0 Å². The summed E-state index contributed by atoms with van der Waals surface area (Å²) in [4.78, 5) is 11.8. The second-order valence-electron chi connectivity index (χ2n) is 4.29. The van der Waals surface area contributed by atoms with Crippen LogP contribution in [0.2, 0.25) is 0 Å². The molecule has 6 nitrogen and oxygen atoms in total. The number of fused-ring (bicyclic) bond motifs is 1. The van der Waals surface area contributed by atoms with E-state index < -0.39 is 0 Å². The average molecular weight is 270 g/mol. The molecule has 0 saturated carbocycles. The second kappa shape index (κ2) is 4.73. The minimum atomic E-state index is 0.443. The number of H-pyrrole nitrogens is 1. The fourth-order valence-corrected chi connectivity index (χ4v) is 1.99. The summed E-state index contributed by atoms with van der Waals surface area (Å²) in [5, 5.41) is 0. The molecule has 2 heterocycles. The lowest BCUT2D eigenvalue weighted by Crippen LogP contribution is -1.90. The predicted molar refractivity (Wildman–Crippen MR) is 76.8 cm³/mol. The molecule has 20 heavy (non-hydrogen) atoms. The summed E-state index contributed by atoms with van der Waals surface area (Å²) in [6.07, 6.45) is 0. The molecule has 0 atom stereocenters. The molecule has 0 aliphatic rings. The fraction of sp³-hybridized carbons (Fsp3) is 0.143. The predicted octanol–water partition coefficient (Wildman–Crippen LogP) is 2.22. The van der Waals surface area contributed by atoms with Gasteiger partial charge in [-0.1, -0.05) is 0 Å². The molecule has 1 aromatic carbocycles. The highest BCUT2D eigenvalue weighted by molar-refractivity contribution is 5.77. The van der Waals surface area contributed by atoms with Gasteiger partial charge in [0.1, 0.15) is 23.1 Å².